The third kappa shape index (κ3) is 2.36. The normalized spacial score (nSPS) is 52.3. The minimum absolute atomic E-state index is 0.00448. The molecule has 3 saturated carbocycles. The number of allylic oxidation sites excluding steroid dienone is 2. The first-order valence-corrected chi connectivity index (χ1v) is 10.5. The molecule has 0 aromatic carbocycles. The quantitative estimate of drug-likeness (QED) is 0.699. The minimum Gasteiger partial charge on any atom is -0.393 e. The highest BCUT2D eigenvalue weighted by atomic mass is 16.3. The molecule has 2 N–H and O–H groups in total. The van der Waals surface area contributed by atoms with Crippen LogP contribution in [-0.4, -0.2) is 28.7 Å². The first-order chi connectivity index (χ1) is 12.2. The highest BCUT2D eigenvalue weighted by molar-refractivity contribution is 5.91. The van der Waals surface area contributed by atoms with Gasteiger partial charge in [0.25, 0.3) is 0 Å². The molecule has 0 aliphatic heterocycles. The fourth-order valence-electron chi connectivity index (χ4n) is 7.84. The van der Waals surface area contributed by atoms with Crippen LogP contribution in [0.2, 0.25) is 0 Å². The Morgan fingerprint density at radius 2 is 1.92 bits per heavy atom. The highest BCUT2D eigenvalue weighted by Crippen LogP contribution is 2.68. The molecule has 0 radical (unpaired) electrons. The topological polar surface area (TPSA) is 57.5 Å². The van der Waals surface area contributed by atoms with Gasteiger partial charge >= 0.3 is 0 Å². The van der Waals surface area contributed by atoms with Crippen molar-refractivity contribution in [3.63, 3.8) is 0 Å². The Morgan fingerprint density at radius 1 is 1.19 bits per heavy atom. The van der Waals surface area contributed by atoms with Gasteiger partial charge in [0.05, 0.1) is 12.7 Å². The SMILES string of the molecule is C[C@@H]1C[C@H]2[C@@H]3C[C@H](C)C4=CC(=O)CC[C@]4(C)[C@H]3[C@@H](O)C[C@]2(C)C1=CCO. The zero-order valence-electron chi connectivity index (χ0n) is 16.7. The fourth-order valence-corrected chi connectivity index (χ4v) is 7.84. The second-order valence-electron chi connectivity index (χ2n) is 10.1. The lowest BCUT2D eigenvalue weighted by Crippen LogP contribution is -2.57. The Labute approximate surface area is 157 Å². The summed E-state index contributed by atoms with van der Waals surface area (Å²) in [4.78, 5) is 12.1. The molecule has 4 rings (SSSR count). The van der Waals surface area contributed by atoms with Gasteiger partial charge in [-0.1, -0.05) is 44.9 Å². The summed E-state index contributed by atoms with van der Waals surface area (Å²) in [6, 6.07) is 0. The third-order valence-corrected chi connectivity index (χ3v) is 8.71. The summed E-state index contributed by atoms with van der Waals surface area (Å²) in [6.45, 7) is 9.29. The van der Waals surface area contributed by atoms with E-state index in [0.29, 0.717) is 30.1 Å². The van der Waals surface area contributed by atoms with Gasteiger partial charge in [0.2, 0.25) is 0 Å². The molecule has 0 spiro atoms. The van der Waals surface area contributed by atoms with Crippen molar-refractivity contribution in [3.05, 3.63) is 23.3 Å². The zero-order valence-corrected chi connectivity index (χ0v) is 16.7. The molecular weight excluding hydrogens is 324 g/mol. The first kappa shape index (κ1) is 18.4. The number of aliphatic hydroxyl groups is 2. The lowest BCUT2D eigenvalue weighted by molar-refractivity contribution is -0.128. The maximum Gasteiger partial charge on any atom is 0.155 e. The molecule has 3 nitrogen and oxygen atoms in total. The maximum absolute atomic E-state index is 12.1. The van der Waals surface area contributed by atoms with E-state index in [0.717, 1.165) is 25.7 Å². The van der Waals surface area contributed by atoms with Gasteiger partial charge in [0.1, 0.15) is 0 Å². The van der Waals surface area contributed by atoms with E-state index in [2.05, 4.69) is 27.7 Å². The molecule has 3 fully saturated rings. The Hall–Kier alpha value is -0.930. The number of rotatable bonds is 1. The van der Waals surface area contributed by atoms with Gasteiger partial charge in [-0.05, 0) is 72.2 Å². The van der Waals surface area contributed by atoms with Gasteiger partial charge in [-0.3, -0.25) is 4.79 Å². The Balaban J connectivity index is 1.78. The molecule has 3 heteroatoms. The highest BCUT2D eigenvalue weighted by Gasteiger charge is 2.62. The van der Waals surface area contributed by atoms with Gasteiger partial charge in [-0.25, -0.2) is 0 Å². The van der Waals surface area contributed by atoms with Crippen molar-refractivity contribution in [1.82, 2.24) is 0 Å². The second-order valence-corrected chi connectivity index (χ2v) is 10.1. The van der Waals surface area contributed by atoms with E-state index in [9.17, 15) is 15.0 Å². The number of carbonyl (C=O) groups excluding carboxylic acids is 1. The van der Waals surface area contributed by atoms with Crippen LogP contribution in [0, 0.1) is 40.4 Å². The summed E-state index contributed by atoms with van der Waals surface area (Å²) in [5.41, 5.74) is 2.63. The first-order valence-electron chi connectivity index (χ1n) is 10.5. The smallest absolute Gasteiger partial charge is 0.155 e. The summed E-state index contributed by atoms with van der Waals surface area (Å²) < 4.78 is 0. The number of hydrogen-bond acceptors (Lipinski definition) is 3. The van der Waals surface area contributed by atoms with Crippen LogP contribution in [0.3, 0.4) is 0 Å². The van der Waals surface area contributed by atoms with E-state index in [-0.39, 0.29) is 35.2 Å². The largest absolute Gasteiger partial charge is 0.393 e. The van der Waals surface area contributed by atoms with E-state index in [1.54, 1.807) is 0 Å². The van der Waals surface area contributed by atoms with E-state index in [4.69, 9.17) is 0 Å². The van der Waals surface area contributed by atoms with Crippen LogP contribution < -0.4 is 0 Å². The van der Waals surface area contributed by atoms with E-state index >= 15 is 0 Å². The molecule has 4 aliphatic carbocycles. The van der Waals surface area contributed by atoms with Gasteiger partial charge in [0, 0.05) is 6.42 Å². The van der Waals surface area contributed by atoms with Crippen LogP contribution in [0.25, 0.3) is 0 Å². The molecule has 0 saturated heterocycles. The predicted molar refractivity (Wildman–Crippen MR) is 102 cm³/mol. The summed E-state index contributed by atoms with van der Waals surface area (Å²) in [5.74, 6) is 2.50. The molecule has 26 heavy (non-hydrogen) atoms. The summed E-state index contributed by atoms with van der Waals surface area (Å²) in [7, 11) is 0. The molecule has 0 unspecified atom stereocenters. The molecule has 0 aromatic rings. The summed E-state index contributed by atoms with van der Waals surface area (Å²) in [5, 5.41) is 20.9. The molecule has 4 aliphatic rings. The Morgan fingerprint density at radius 3 is 2.62 bits per heavy atom. The van der Waals surface area contributed by atoms with Gasteiger partial charge in [-0.2, -0.15) is 0 Å². The van der Waals surface area contributed by atoms with Crippen molar-refractivity contribution < 1.29 is 15.0 Å². The lowest BCUT2D eigenvalue weighted by atomic mass is 9.45. The van der Waals surface area contributed by atoms with E-state index < -0.39 is 0 Å². The Kier molecular flexibility index (Phi) is 4.28. The lowest BCUT2D eigenvalue weighted by Gasteiger charge is -2.60. The molecule has 8 atom stereocenters. The van der Waals surface area contributed by atoms with Crippen molar-refractivity contribution >= 4 is 5.78 Å². The minimum atomic E-state index is -0.331. The van der Waals surface area contributed by atoms with Crippen molar-refractivity contribution in [2.24, 2.45) is 40.4 Å². The summed E-state index contributed by atoms with van der Waals surface area (Å²) in [6.07, 6.45) is 8.14. The molecule has 144 valence electrons. The zero-order chi connectivity index (χ0) is 18.9. The third-order valence-electron chi connectivity index (χ3n) is 8.71. The molecule has 0 amide bonds. The molecular formula is C23H34O3. The number of hydrogen-bond donors (Lipinski definition) is 2. The van der Waals surface area contributed by atoms with Gasteiger partial charge in [-0.15, -0.1) is 0 Å². The molecule has 0 aromatic heterocycles. The van der Waals surface area contributed by atoms with Crippen LogP contribution in [-0.2, 0) is 4.79 Å². The van der Waals surface area contributed by atoms with Crippen molar-refractivity contribution in [2.75, 3.05) is 6.61 Å². The maximum atomic E-state index is 12.1. The second kappa shape index (κ2) is 6.04. The summed E-state index contributed by atoms with van der Waals surface area (Å²) >= 11 is 0. The number of carbonyl (C=O) groups is 1. The molecule has 0 heterocycles. The number of fused-ring (bicyclic) bond motifs is 5. The predicted octanol–water partition coefficient (Wildman–Crippen LogP) is 3.90. The standard InChI is InChI=1S/C23H34O3/c1-13-9-16-19-10-14(2)17(6-8-24)23(19,4)12-20(26)21(16)22(3)7-5-15(25)11-18(13)22/h6,11,13-14,16,19-21,24,26H,5,7-10,12H2,1-4H3/t13-,14+,16-,19-,20-,21+,22-,23+/m0/s1. The Bertz CT molecular complexity index is 677. The molecule has 0 bridgehead atoms. The van der Waals surface area contributed by atoms with Gasteiger partial charge < -0.3 is 10.2 Å². The monoisotopic (exact) mass is 358 g/mol. The van der Waals surface area contributed by atoms with Crippen molar-refractivity contribution in [3.8, 4) is 0 Å². The fraction of sp³-hybridized carbons (Fsp3) is 0.783. The van der Waals surface area contributed by atoms with Crippen LogP contribution in [0.1, 0.15) is 59.8 Å². The van der Waals surface area contributed by atoms with Crippen LogP contribution in [0.15, 0.2) is 23.3 Å². The average Bonchev–Trinajstić information content (AvgIpc) is 2.81. The van der Waals surface area contributed by atoms with Crippen LogP contribution >= 0.6 is 0 Å². The van der Waals surface area contributed by atoms with Crippen LogP contribution in [0.5, 0.6) is 0 Å². The number of aliphatic hydroxyl groups excluding tert-OH is 2. The van der Waals surface area contributed by atoms with Crippen molar-refractivity contribution in [2.45, 2.75) is 65.9 Å². The van der Waals surface area contributed by atoms with Crippen molar-refractivity contribution in [1.29, 1.82) is 0 Å². The van der Waals surface area contributed by atoms with E-state index in [1.165, 1.54) is 11.1 Å². The van der Waals surface area contributed by atoms with E-state index in [1.807, 2.05) is 12.2 Å². The van der Waals surface area contributed by atoms with Gasteiger partial charge in [0.15, 0.2) is 5.78 Å². The average molecular weight is 359 g/mol. The van der Waals surface area contributed by atoms with Crippen LogP contribution in [0.4, 0.5) is 0 Å². The number of ketones is 1.